The molecule has 8 heteroatoms. The van der Waals surface area contributed by atoms with E-state index in [1.807, 2.05) is 0 Å². The van der Waals surface area contributed by atoms with E-state index in [9.17, 15) is 0 Å². The number of para-hydroxylation sites is 2. The molecule has 0 spiro atoms. The van der Waals surface area contributed by atoms with Crippen molar-refractivity contribution >= 4 is 0 Å². The fourth-order valence-electron chi connectivity index (χ4n) is 3.15. The van der Waals surface area contributed by atoms with Crippen molar-refractivity contribution < 1.29 is 54.2 Å². The first-order chi connectivity index (χ1) is 15.3. The van der Waals surface area contributed by atoms with E-state index in [1.54, 1.807) is 12.1 Å². The van der Waals surface area contributed by atoms with Crippen molar-refractivity contribution in [2.24, 2.45) is 0 Å². The number of rotatable bonds is 8. The van der Waals surface area contributed by atoms with E-state index in [1.165, 1.54) is 73.5 Å². The summed E-state index contributed by atoms with van der Waals surface area (Å²) in [7, 11) is 0. The van der Waals surface area contributed by atoms with Gasteiger partial charge < -0.3 is 19.2 Å². The first kappa shape index (κ1) is 45.2. The van der Waals surface area contributed by atoms with Gasteiger partial charge in [0.25, 0.3) is 0 Å². The summed E-state index contributed by atoms with van der Waals surface area (Å²) < 4.78 is 25.1. The van der Waals surface area contributed by atoms with Crippen molar-refractivity contribution in [3.63, 3.8) is 0 Å². The van der Waals surface area contributed by atoms with Crippen LogP contribution in [-0.4, -0.2) is 71.5 Å². The molecule has 0 fully saturated rings. The standard InChI is InChI=1S/2C8H20N.C6H6O2.3CO.Mo/c2*1-5-9(6-2,7-3)8-4;7-5-3-1-2-4-6(5)8;3*1-2;/h2*5-8H2,1-4H3;1-4,7-8H;;;;/q2*+1;;;;;. The van der Waals surface area contributed by atoms with Crippen LogP contribution in [0.4, 0.5) is 0 Å². The summed E-state index contributed by atoms with van der Waals surface area (Å²) in [6.45, 7) is 41.9. The third-order valence-corrected chi connectivity index (χ3v) is 6.25. The van der Waals surface area contributed by atoms with Gasteiger partial charge in [-0.25, -0.2) is 0 Å². The SMILES string of the molecule is CC[N+](CC)(CC)CC.CC[N+](CC)(CC)CC.Oc1ccccc1O.[C-]#[O+].[C-]#[O+].[C-]#[O+].[Mo]. The van der Waals surface area contributed by atoms with Gasteiger partial charge in [0, 0.05) is 21.1 Å². The second kappa shape index (κ2) is 32.8. The molecule has 0 atom stereocenters. The third kappa shape index (κ3) is 22.2. The molecular formula is C25H46MoN2O5+2. The van der Waals surface area contributed by atoms with Crippen molar-refractivity contribution in [3.05, 3.63) is 44.2 Å². The maximum Gasteiger partial charge on any atom is 0 e. The fourth-order valence-corrected chi connectivity index (χ4v) is 3.15. The molecule has 1 aromatic rings. The Morgan fingerprint density at radius 3 is 0.727 bits per heavy atom. The average Bonchev–Trinajstić information content (AvgIpc) is 2.89. The number of phenols is 2. The van der Waals surface area contributed by atoms with Gasteiger partial charge in [0.05, 0.1) is 52.4 Å². The second-order valence-corrected chi connectivity index (χ2v) is 6.70. The summed E-state index contributed by atoms with van der Waals surface area (Å²) in [6.07, 6.45) is 0. The van der Waals surface area contributed by atoms with E-state index in [-0.39, 0.29) is 32.6 Å². The van der Waals surface area contributed by atoms with Crippen molar-refractivity contribution in [3.8, 4) is 11.5 Å². The monoisotopic (exact) mass is 552 g/mol. The minimum atomic E-state index is -0.0764. The molecule has 0 amide bonds. The molecule has 1 rings (SSSR count). The second-order valence-electron chi connectivity index (χ2n) is 6.70. The summed E-state index contributed by atoms with van der Waals surface area (Å²) in [5, 5.41) is 17.3. The van der Waals surface area contributed by atoms with Crippen LogP contribution in [0.5, 0.6) is 11.5 Å². The van der Waals surface area contributed by atoms with Crippen LogP contribution in [-0.2, 0) is 35.0 Å². The van der Waals surface area contributed by atoms with Gasteiger partial charge in [0.15, 0.2) is 11.5 Å². The number of hydrogen-bond acceptors (Lipinski definition) is 2. The Balaban J connectivity index is -0.0000000731. The van der Waals surface area contributed by atoms with Crippen LogP contribution < -0.4 is 0 Å². The zero-order valence-electron chi connectivity index (χ0n) is 21.9. The zero-order chi connectivity index (χ0) is 26.6. The van der Waals surface area contributed by atoms with Gasteiger partial charge in [-0.2, -0.15) is 0 Å². The van der Waals surface area contributed by atoms with Gasteiger partial charge in [-0.1, -0.05) is 12.1 Å². The van der Waals surface area contributed by atoms with E-state index < -0.39 is 0 Å². The Kier molecular flexibility index (Phi) is 45.0. The normalized spacial score (nSPS) is 8.91. The molecule has 0 aromatic heterocycles. The summed E-state index contributed by atoms with van der Waals surface area (Å²) in [5.41, 5.74) is 0. The molecule has 0 radical (unpaired) electrons. The quantitative estimate of drug-likeness (QED) is 0.161. The third-order valence-electron chi connectivity index (χ3n) is 6.25. The molecule has 2 N–H and O–H groups in total. The van der Waals surface area contributed by atoms with Crippen molar-refractivity contribution in [1.29, 1.82) is 0 Å². The maximum atomic E-state index is 8.67. The Bertz CT molecular complexity index is 479. The number of hydrogen-bond donors (Lipinski definition) is 2. The van der Waals surface area contributed by atoms with Crippen molar-refractivity contribution in [2.75, 3.05) is 52.4 Å². The van der Waals surface area contributed by atoms with E-state index in [4.69, 9.17) is 24.2 Å². The molecule has 190 valence electrons. The molecule has 0 aliphatic heterocycles. The number of benzene rings is 1. The van der Waals surface area contributed by atoms with Crippen molar-refractivity contribution in [1.82, 2.24) is 0 Å². The predicted octanol–water partition coefficient (Wildman–Crippen LogP) is 4.75. The van der Waals surface area contributed by atoms with Crippen LogP contribution in [0.25, 0.3) is 0 Å². The van der Waals surface area contributed by atoms with Crippen LogP contribution in [0.1, 0.15) is 55.4 Å². The average molecular weight is 551 g/mol. The fraction of sp³-hybridized carbons (Fsp3) is 0.640. The van der Waals surface area contributed by atoms with Gasteiger partial charge in [-0.05, 0) is 67.5 Å². The summed E-state index contributed by atoms with van der Waals surface area (Å²) in [6, 6.07) is 6.15. The molecule has 0 aliphatic carbocycles. The van der Waals surface area contributed by atoms with Crippen LogP contribution in [0.3, 0.4) is 0 Å². The number of nitrogens with zero attached hydrogens (tertiary/aromatic N) is 2. The van der Waals surface area contributed by atoms with Crippen LogP contribution in [0.2, 0.25) is 0 Å². The van der Waals surface area contributed by atoms with Crippen LogP contribution in [0.15, 0.2) is 24.3 Å². The summed E-state index contributed by atoms with van der Waals surface area (Å²) >= 11 is 0. The minimum absolute atomic E-state index is 0. The maximum absolute atomic E-state index is 8.67. The topological polar surface area (TPSA) is 100 Å². The van der Waals surface area contributed by atoms with Gasteiger partial charge in [-0.15, -0.1) is 0 Å². The molecule has 0 bridgehead atoms. The molecule has 0 aliphatic rings. The van der Waals surface area contributed by atoms with E-state index in [0.29, 0.717) is 0 Å². The van der Waals surface area contributed by atoms with E-state index >= 15 is 0 Å². The Labute approximate surface area is 217 Å². The first-order valence-electron chi connectivity index (χ1n) is 11.1. The molecule has 0 saturated carbocycles. The molecule has 1 aromatic carbocycles. The number of phenolic OH excluding ortho intramolecular Hbond substituents is 2. The Morgan fingerprint density at radius 2 is 0.667 bits per heavy atom. The summed E-state index contributed by atoms with van der Waals surface area (Å²) in [4.78, 5) is 0. The smallest absolute Gasteiger partial charge is 0 e. The molecule has 0 unspecified atom stereocenters. The van der Waals surface area contributed by atoms with Crippen LogP contribution in [0, 0.1) is 20.0 Å². The molecule has 0 saturated heterocycles. The summed E-state index contributed by atoms with van der Waals surface area (Å²) in [5.74, 6) is -0.153. The van der Waals surface area contributed by atoms with E-state index in [2.05, 4.69) is 75.3 Å². The Morgan fingerprint density at radius 1 is 0.515 bits per heavy atom. The number of aromatic hydroxyl groups is 2. The Hall–Kier alpha value is -1.35. The zero-order valence-corrected chi connectivity index (χ0v) is 23.9. The van der Waals surface area contributed by atoms with E-state index in [0.717, 1.165) is 0 Å². The van der Waals surface area contributed by atoms with Gasteiger partial charge in [0.1, 0.15) is 0 Å². The van der Waals surface area contributed by atoms with Crippen molar-refractivity contribution in [2.45, 2.75) is 55.4 Å². The molecule has 7 nitrogen and oxygen atoms in total. The molecular weight excluding hydrogens is 504 g/mol. The largest absolute Gasteiger partial charge is 0 e. The molecule has 0 heterocycles. The minimum Gasteiger partial charge on any atom is 0 e. The molecule has 33 heavy (non-hydrogen) atoms. The number of quaternary nitrogens is 2. The van der Waals surface area contributed by atoms with Gasteiger partial charge in [0.2, 0.25) is 0 Å². The van der Waals surface area contributed by atoms with Crippen LogP contribution >= 0.6 is 0 Å². The predicted molar refractivity (Wildman–Crippen MR) is 126 cm³/mol. The van der Waals surface area contributed by atoms with Gasteiger partial charge in [-0.3, -0.25) is 0 Å². The van der Waals surface area contributed by atoms with Gasteiger partial charge >= 0.3 is 33.9 Å². The first-order valence-corrected chi connectivity index (χ1v) is 11.1.